The minimum absolute atomic E-state index is 0.0172. The van der Waals surface area contributed by atoms with Crippen molar-refractivity contribution in [3.05, 3.63) is 64.8 Å². The number of rotatable bonds is 3. The van der Waals surface area contributed by atoms with Gasteiger partial charge in [0.15, 0.2) is 5.78 Å². The normalized spacial score (nSPS) is 19.8. The van der Waals surface area contributed by atoms with Gasteiger partial charge in [-0.2, -0.15) is 0 Å². The van der Waals surface area contributed by atoms with Crippen LogP contribution in [0.15, 0.2) is 59.2 Å². The Morgan fingerprint density at radius 1 is 1.22 bits per heavy atom. The number of benzene rings is 1. The highest BCUT2D eigenvalue weighted by Gasteiger charge is 2.38. The first kappa shape index (κ1) is 20.3. The van der Waals surface area contributed by atoms with Crippen LogP contribution in [0.3, 0.4) is 0 Å². The molecule has 1 unspecified atom stereocenters. The molecule has 2 rings (SSSR count). The van der Waals surface area contributed by atoms with E-state index < -0.39 is 5.97 Å². The maximum atomic E-state index is 12.6. The van der Waals surface area contributed by atoms with Gasteiger partial charge in [0.1, 0.15) is 5.75 Å². The molecule has 0 bridgehead atoms. The van der Waals surface area contributed by atoms with Gasteiger partial charge in [0.05, 0.1) is 5.57 Å². The molecule has 0 aliphatic heterocycles. The number of ketones is 1. The summed E-state index contributed by atoms with van der Waals surface area (Å²) in [4.78, 5) is 23.4. The quantitative estimate of drug-likeness (QED) is 0.477. The maximum Gasteiger partial charge on any atom is 0.328 e. The maximum absolute atomic E-state index is 12.6. The number of phenols is 1. The number of carboxylic acid groups (broad SMARTS) is 1. The van der Waals surface area contributed by atoms with Gasteiger partial charge < -0.3 is 10.2 Å². The van der Waals surface area contributed by atoms with E-state index in [9.17, 15) is 14.7 Å². The van der Waals surface area contributed by atoms with Crippen molar-refractivity contribution in [1.29, 1.82) is 0 Å². The highest BCUT2D eigenvalue weighted by Crippen LogP contribution is 2.43. The van der Waals surface area contributed by atoms with Crippen LogP contribution in [0, 0.1) is 23.2 Å². The Balaban J connectivity index is 2.41. The summed E-state index contributed by atoms with van der Waals surface area (Å²) >= 11 is 0. The van der Waals surface area contributed by atoms with Crippen LogP contribution in [-0.4, -0.2) is 22.0 Å². The van der Waals surface area contributed by atoms with Crippen LogP contribution in [0.2, 0.25) is 0 Å². The Morgan fingerprint density at radius 2 is 1.85 bits per heavy atom. The molecule has 0 saturated carbocycles. The molecule has 0 aromatic heterocycles. The Hall–Kier alpha value is -3.06. The zero-order valence-electron chi connectivity index (χ0n) is 16.0. The fourth-order valence-electron chi connectivity index (χ4n) is 3.32. The van der Waals surface area contributed by atoms with Crippen LogP contribution in [0.25, 0.3) is 0 Å². The van der Waals surface area contributed by atoms with E-state index in [1.54, 1.807) is 37.3 Å². The lowest BCUT2D eigenvalue weighted by Crippen LogP contribution is -2.33. The van der Waals surface area contributed by atoms with E-state index >= 15 is 0 Å². The van der Waals surface area contributed by atoms with Gasteiger partial charge in [-0.25, -0.2) is 4.79 Å². The summed E-state index contributed by atoms with van der Waals surface area (Å²) in [5.74, 6) is 5.18. The molecule has 27 heavy (non-hydrogen) atoms. The molecule has 0 spiro atoms. The summed E-state index contributed by atoms with van der Waals surface area (Å²) in [6.45, 7) is 7.70. The van der Waals surface area contributed by atoms with E-state index in [0.717, 1.165) is 17.2 Å². The second-order valence-corrected chi connectivity index (χ2v) is 7.51. The topological polar surface area (TPSA) is 74.6 Å². The number of carbonyl (C=O) groups excluding carboxylic acids is 1. The van der Waals surface area contributed by atoms with Crippen molar-refractivity contribution in [2.75, 3.05) is 0 Å². The van der Waals surface area contributed by atoms with Gasteiger partial charge in [-0.15, -0.1) is 0 Å². The zero-order chi connectivity index (χ0) is 20.2. The molecule has 1 aromatic rings. The molecule has 1 aliphatic rings. The molecule has 2 N–H and O–H groups in total. The lowest BCUT2D eigenvalue weighted by atomic mass is 9.66. The lowest BCUT2D eigenvalue weighted by molar-refractivity contribution is -0.131. The van der Waals surface area contributed by atoms with Crippen LogP contribution in [-0.2, 0) is 9.59 Å². The monoisotopic (exact) mass is 364 g/mol. The Bertz CT molecular complexity index is 900. The number of hydrogen-bond acceptors (Lipinski definition) is 3. The Kier molecular flexibility index (Phi) is 6.07. The summed E-state index contributed by atoms with van der Waals surface area (Å²) in [6.07, 6.45) is 5.27. The highest BCUT2D eigenvalue weighted by atomic mass is 16.4. The molecular formula is C23H24O4. The SMILES string of the molecule is CC1=C(C#Cc2ccc(O)cc2)C(=O)CC(C)(C)C1/C=C/C(C)=C\C(=O)O. The lowest BCUT2D eigenvalue weighted by Gasteiger charge is -2.37. The number of aliphatic carboxylic acids is 1. The summed E-state index contributed by atoms with van der Waals surface area (Å²) in [5.41, 5.74) is 2.49. The molecule has 0 heterocycles. The van der Waals surface area contributed by atoms with Gasteiger partial charge in [0.2, 0.25) is 0 Å². The Morgan fingerprint density at radius 3 is 2.44 bits per heavy atom. The molecule has 0 fully saturated rings. The van der Waals surface area contributed by atoms with Crippen molar-refractivity contribution in [3.63, 3.8) is 0 Å². The largest absolute Gasteiger partial charge is 0.508 e. The fraction of sp³-hybridized carbons (Fsp3) is 0.304. The summed E-state index contributed by atoms with van der Waals surface area (Å²) < 4.78 is 0. The smallest absolute Gasteiger partial charge is 0.328 e. The van der Waals surface area contributed by atoms with Gasteiger partial charge >= 0.3 is 5.97 Å². The molecular weight excluding hydrogens is 340 g/mol. The number of Topliss-reactive ketones (excluding diaryl/α,β-unsaturated/α-hetero) is 1. The first-order chi connectivity index (χ1) is 12.6. The predicted octanol–water partition coefficient (Wildman–Crippen LogP) is 4.26. The zero-order valence-corrected chi connectivity index (χ0v) is 16.0. The first-order valence-corrected chi connectivity index (χ1v) is 8.74. The molecule has 0 amide bonds. The molecule has 0 saturated heterocycles. The van der Waals surface area contributed by atoms with E-state index in [-0.39, 0.29) is 22.9 Å². The molecule has 140 valence electrons. The molecule has 1 aromatic carbocycles. The number of allylic oxidation sites excluding steroid dienone is 5. The summed E-state index contributed by atoms with van der Waals surface area (Å²) in [6, 6.07) is 6.51. The van der Waals surface area contributed by atoms with Crippen molar-refractivity contribution >= 4 is 11.8 Å². The van der Waals surface area contributed by atoms with Crippen molar-refractivity contribution in [3.8, 4) is 17.6 Å². The average molecular weight is 364 g/mol. The highest BCUT2D eigenvalue weighted by molar-refractivity contribution is 6.02. The molecule has 1 aliphatic carbocycles. The predicted molar refractivity (Wildman–Crippen MR) is 105 cm³/mol. The van der Waals surface area contributed by atoms with Gasteiger partial charge in [-0.05, 0) is 54.7 Å². The van der Waals surface area contributed by atoms with E-state index in [0.29, 0.717) is 17.6 Å². The van der Waals surface area contributed by atoms with Gasteiger partial charge in [0.25, 0.3) is 0 Å². The van der Waals surface area contributed by atoms with Crippen molar-refractivity contribution in [2.24, 2.45) is 11.3 Å². The number of hydrogen-bond donors (Lipinski definition) is 2. The standard InChI is InChI=1S/C23H24O4/c1-15(13-22(26)27)5-12-20-16(2)19(21(25)14-23(20,3)4)11-8-17-6-9-18(24)10-7-17/h5-7,9-10,12-13,20,24H,14H2,1-4H3,(H,26,27)/b12-5+,15-13-. The van der Waals surface area contributed by atoms with Crippen LogP contribution in [0.1, 0.15) is 39.7 Å². The Labute approximate surface area is 159 Å². The first-order valence-electron chi connectivity index (χ1n) is 8.74. The average Bonchev–Trinajstić information content (AvgIpc) is 2.54. The third-order valence-electron chi connectivity index (χ3n) is 4.70. The number of carboxylic acids is 1. The minimum Gasteiger partial charge on any atom is -0.508 e. The number of aromatic hydroxyl groups is 1. The molecule has 4 nitrogen and oxygen atoms in total. The van der Waals surface area contributed by atoms with E-state index in [1.807, 2.05) is 26.8 Å². The fourth-order valence-corrected chi connectivity index (χ4v) is 3.32. The molecule has 1 atom stereocenters. The molecule has 4 heteroatoms. The third kappa shape index (κ3) is 5.21. The second kappa shape index (κ2) is 8.09. The van der Waals surface area contributed by atoms with Crippen molar-refractivity contribution in [2.45, 2.75) is 34.1 Å². The third-order valence-corrected chi connectivity index (χ3v) is 4.70. The minimum atomic E-state index is -0.983. The van der Waals surface area contributed by atoms with E-state index in [2.05, 4.69) is 11.8 Å². The van der Waals surface area contributed by atoms with Crippen molar-refractivity contribution < 1.29 is 19.8 Å². The number of phenolic OH excluding ortho intramolecular Hbond substituents is 1. The van der Waals surface area contributed by atoms with Gasteiger partial charge in [-0.3, -0.25) is 4.79 Å². The van der Waals surface area contributed by atoms with Crippen LogP contribution >= 0.6 is 0 Å². The summed E-state index contributed by atoms with van der Waals surface area (Å²) in [7, 11) is 0. The summed E-state index contributed by atoms with van der Waals surface area (Å²) in [5, 5.41) is 18.2. The van der Waals surface area contributed by atoms with Crippen LogP contribution < -0.4 is 0 Å². The van der Waals surface area contributed by atoms with Gasteiger partial charge in [-0.1, -0.05) is 37.8 Å². The molecule has 0 radical (unpaired) electrons. The van der Waals surface area contributed by atoms with Crippen LogP contribution in [0.5, 0.6) is 5.75 Å². The van der Waals surface area contributed by atoms with Crippen molar-refractivity contribution in [1.82, 2.24) is 0 Å². The number of carbonyl (C=O) groups is 2. The van der Waals surface area contributed by atoms with Crippen LogP contribution in [0.4, 0.5) is 0 Å². The van der Waals surface area contributed by atoms with E-state index in [1.165, 1.54) is 0 Å². The second-order valence-electron chi connectivity index (χ2n) is 7.51. The van der Waals surface area contributed by atoms with Gasteiger partial charge in [0, 0.05) is 24.0 Å². The van der Waals surface area contributed by atoms with E-state index in [4.69, 9.17) is 5.11 Å².